The highest BCUT2D eigenvalue weighted by molar-refractivity contribution is 5.99. The molecule has 40 heavy (non-hydrogen) atoms. The molecule has 0 unspecified atom stereocenters. The first kappa shape index (κ1) is 27.1. The lowest BCUT2D eigenvalue weighted by Crippen LogP contribution is -2.50. The number of carbonyl (C=O) groups is 3. The fourth-order valence-corrected chi connectivity index (χ4v) is 5.44. The molecule has 0 saturated carbocycles. The Hall–Kier alpha value is -4.43. The molecule has 206 valence electrons. The molecular weight excluding hydrogens is 502 g/mol. The summed E-state index contributed by atoms with van der Waals surface area (Å²) in [5.41, 5.74) is 9.89. The molecule has 5 rings (SSSR count). The number of piperidine rings is 1. The molecule has 1 saturated heterocycles. The van der Waals surface area contributed by atoms with Crippen LogP contribution in [0.4, 0.5) is 5.69 Å². The summed E-state index contributed by atoms with van der Waals surface area (Å²) in [5, 5.41) is 7.07. The molecule has 2 atom stereocenters. The number of benzene rings is 3. The summed E-state index contributed by atoms with van der Waals surface area (Å²) < 4.78 is 0. The number of aromatic nitrogens is 1. The van der Waals surface area contributed by atoms with Crippen LogP contribution < -0.4 is 16.4 Å². The summed E-state index contributed by atoms with van der Waals surface area (Å²) in [6, 6.07) is 23.7. The summed E-state index contributed by atoms with van der Waals surface area (Å²) in [6.07, 6.45) is 2.99. The quantitative estimate of drug-likeness (QED) is 0.266. The third kappa shape index (κ3) is 5.92. The molecule has 8 nitrogen and oxygen atoms in total. The van der Waals surface area contributed by atoms with Crippen molar-refractivity contribution in [2.45, 2.75) is 38.3 Å². The topological polar surface area (TPSA) is 120 Å². The van der Waals surface area contributed by atoms with Crippen LogP contribution in [0.3, 0.4) is 0 Å². The number of hydrogen-bond acceptors (Lipinski definition) is 4. The highest BCUT2D eigenvalue weighted by atomic mass is 16.2. The van der Waals surface area contributed by atoms with E-state index in [9.17, 15) is 14.4 Å². The molecule has 0 radical (unpaired) electrons. The van der Waals surface area contributed by atoms with E-state index in [1.165, 1.54) is 0 Å². The van der Waals surface area contributed by atoms with Crippen LogP contribution in [0, 0.1) is 5.92 Å². The predicted molar refractivity (Wildman–Crippen MR) is 157 cm³/mol. The molecule has 3 amide bonds. The number of amides is 3. The van der Waals surface area contributed by atoms with Crippen molar-refractivity contribution in [1.29, 1.82) is 0 Å². The normalized spacial score (nSPS) is 15.4. The van der Waals surface area contributed by atoms with Crippen LogP contribution in [0.5, 0.6) is 0 Å². The first-order valence-electron chi connectivity index (χ1n) is 13.7. The van der Waals surface area contributed by atoms with E-state index in [1.54, 1.807) is 17.0 Å². The van der Waals surface area contributed by atoms with Gasteiger partial charge in [-0.05, 0) is 54.3 Å². The Kier molecular flexibility index (Phi) is 8.26. The number of carbonyl (C=O) groups excluding carboxylic acids is 3. The van der Waals surface area contributed by atoms with Crippen LogP contribution in [0.15, 0.2) is 85.1 Å². The van der Waals surface area contributed by atoms with Gasteiger partial charge in [-0.2, -0.15) is 0 Å². The van der Waals surface area contributed by atoms with E-state index in [4.69, 9.17) is 5.73 Å². The zero-order chi connectivity index (χ0) is 28.1. The monoisotopic (exact) mass is 537 g/mol. The van der Waals surface area contributed by atoms with Gasteiger partial charge in [-0.15, -0.1) is 0 Å². The molecule has 1 fully saturated rings. The van der Waals surface area contributed by atoms with Crippen molar-refractivity contribution in [3.63, 3.8) is 0 Å². The second-order valence-electron chi connectivity index (χ2n) is 10.4. The predicted octanol–water partition coefficient (Wildman–Crippen LogP) is 4.41. The Morgan fingerprint density at radius 3 is 2.45 bits per heavy atom. The van der Waals surface area contributed by atoms with Gasteiger partial charge in [-0.25, -0.2) is 0 Å². The summed E-state index contributed by atoms with van der Waals surface area (Å²) in [4.78, 5) is 45.1. The van der Waals surface area contributed by atoms with Crippen molar-refractivity contribution in [2.75, 3.05) is 18.4 Å². The molecule has 8 heteroatoms. The van der Waals surface area contributed by atoms with Gasteiger partial charge in [0, 0.05) is 59.8 Å². The summed E-state index contributed by atoms with van der Waals surface area (Å²) in [5.74, 6) is -1.08. The standard InChI is InChI=1S/C32H35N5O3/c1-21(27-20-34-28-13-6-5-12-26(27)28)29(31(39)35-25-11-7-8-22(18-25)19-33)36-30(38)23-14-16-37(17-15-23)32(40)24-9-3-2-4-10-24/h2-13,18,20-21,23,29,34H,14-17,19,33H2,1H3,(H,35,39)(H,36,38)/t21-,29+/m0/s1. The van der Waals surface area contributed by atoms with Gasteiger partial charge in [0.2, 0.25) is 11.8 Å². The maximum absolute atomic E-state index is 13.7. The lowest BCUT2D eigenvalue weighted by atomic mass is 9.90. The van der Waals surface area contributed by atoms with Gasteiger partial charge in [0.25, 0.3) is 5.91 Å². The number of hydrogen-bond donors (Lipinski definition) is 4. The Morgan fingerprint density at radius 1 is 0.975 bits per heavy atom. The molecule has 0 spiro atoms. The number of nitrogens with one attached hydrogen (secondary N) is 3. The van der Waals surface area contributed by atoms with Gasteiger partial charge in [-0.1, -0.05) is 55.5 Å². The largest absolute Gasteiger partial charge is 0.361 e. The van der Waals surface area contributed by atoms with Crippen molar-refractivity contribution in [1.82, 2.24) is 15.2 Å². The smallest absolute Gasteiger partial charge is 0.253 e. The molecule has 1 aliphatic heterocycles. The number of rotatable bonds is 8. The number of para-hydroxylation sites is 1. The highest BCUT2D eigenvalue weighted by Crippen LogP contribution is 2.29. The lowest BCUT2D eigenvalue weighted by Gasteiger charge is -2.33. The fourth-order valence-electron chi connectivity index (χ4n) is 5.44. The first-order chi connectivity index (χ1) is 19.4. The SMILES string of the molecule is C[C@@H](c1c[nH]c2ccccc12)[C@@H](NC(=O)C1CCN(C(=O)c2ccccc2)CC1)C(=O)Nc1cccc(CN)c1. The van der Waals surface area contributed by atoms with Crippen molar-refractivity contribution >= 4 is 34.3 Å². The van der Waals surface area contributed by atoms with Gasteiger partial charge in [-0.3, -0.25) is 14.4 Å². The zero-order valence-electron chi connectivity index (χ0n) is 22.6. The Bertz CT molecular complexity index is 1490. The Balaban J connectivity index is 1.32. The van der Waals surface area contributed by atoms with Gasteiger partial charge < -0.3 is 26.3 Å². The van der Waals surface area contributed by atoms with E-state index in [2.05, 4.69) is 15.6 Å². The molecular formula is C32H35N5O3. The summed E-state index contributed by atoms with van der Waals surface area (Å²) >= 11 is 0. The second kappa shape index (κ2) is 12.2. The minimum absolute atomic E-state index is 0.0237. The summed E-state index contributed by atoms with van der Waals surface area (Å²) in [6.45, 7) is 3.30. The Labute approximate surface area is 233 Å². The van der Waals surface area contributed by atoms with Crippen molar-refractivity contribution in [2.24, 2.45) is 11.7 Å². The van der Waals surface area contributed by atoms with Crippen LogP contribution in [0.25, 0.3) is 10.9 Å². The van der Waals surface area contributed by atoms with Crippen LogP contribution in [0.1, 0.15) is 47.2 Å². The Morgan fingerprint density at radius 2 is 1.70 bits per heavy atom. The van der Waals surface area contributed by atoms with Crippen molar-refractivity contribution < 1.29 is 14.4 Å². The number of nitrogens with two attached hydrogens (primary N) is 1. The van der Waals surface area contributed by atoms with Crippen LogP contribution in [-0.4, -0.2) is 46.7 Å². The number of nitrogens with zero attached hydrogens (tertiary/aromatic N) is 1. The van der Waals surface area contributed by atoms with Crippen molar-refractivity contribution in [3.8, 4) is 0 Å². The zero-order valence-corrected chi connectivity index (χ0v) is 22.6. The lowest BCUT2D eigenvalue weighted by molar-refractivity contribution is -0.130. The molecule has 1 aromatic heterocycles. The average Bonchev–Trinajstić information content (AvgIpc) is 3.44. The van der Waals surface area contributed by atoms with Crippen molar-refractivity contribution in [3.05, 3.63) is 102 Å². The summed E-state index contributed by atoms with van der Waals surface area (Å²) in [7, 11) is 0. The van der Waals surface area contributed by atoms with E-state index < -0.39 is 6.04 Å². The van der Waals surface area contributed by atoms with Crippen LogP contribution in [-0.2, 0) is 16.1 Å². The third-order valence-electron chi connectivity index (χ3n) is 7.80. The molecule has 3 aromatic carbocycles. The number of aromatic amines is 1. The van der Waals surface area contributed by atoms with Gasteiger partial charge in [0.05, 0.1) is 0 Å². The minimum Gasteiger partial charge on any atom is -0.361 e. The maximum Gasteiger partial charge on any atom is 0.253 e. The molecule has 2 heterocycles. The van der Waals surface area contributed by atoms with Gasteiger partial charge in [0.1, 0.15) is 6.04 Å². The number of fused-ring (bicyclic) bond motifs is 1. The molecule has 5 N–H and O–H groups in total. The fraction of sp³-hybridized carbons (Fsp3) is 0.281. The van der Waals surface area contributed by atoms with Gasteiger partial charge in [0.15, 0.2) is 0 Å². The third-order valence-corrected chi connectivity index (χ3v) is 7.80. The maximum atomic E-state index is 13.7. The average molecular weight is 538 g/mol. The minimum atomic E-state index is -0.808. The van der Waals surface area contributed by atoms with E-state index >= 15 is 0 Å². The number of anilines is 1. The van der Waals surface area contributed by atoms with E-state index in [0.717, 1.165) is 22.0 Å². The van der Waals surface area contributed by atoms with Crippen LogP contribution >= 0.6 is 0 Å². The van der Waals surface area contributed by atoms with Crippen LogP contribution in [0.2, 0.25) is 0 Å². The molecule has 4 aromatic rings. The first-order valence-corrected chi connectivity index (χ1v) is 13.7. The number of H-pyrrole nitrogens is 1. The van der Waals surface area contributed by atoms with Gasteiger partial charge >= 0.3 is 0 Å². The molecule has 0 bridgehead atoms. The molecule has 1 aliphatic rings. The molecule has 0 aliphatic carbocycles. The second-order valence-corrected chi connectivity index (χ2v) is 10.4. The number of likely N-dealkylation sites (tertiary alicyclic amines) is 1. The van der Waals surface area contributed by atoms with E-state index in [-0.39, 0.29) is 29.6 Å². The highest BCUT2D eigenvalue weighted by Gasteiger charge is 2.34. The van der Waals surface area contributed by atoms with E-state index in [1.807, 2.05) is 79.9 Å². The van der Waals surface area contributed by atoms with E-state index in [0.29, 0.717) is 43.7 Å².